The maximum atomic E-state index is 3.63. The number of hydrogen-bond donors (Lipinski definition) is 0. The van der Waals surface area contributed by atoms with Gasteiger partial charge in [0, 0.05) is 0 Å². The molecule has 0 bridgehead atoms. The monoisotopic (exact) mass is 422 g/mol. The van der Waals surface area contributed by atoms with E-state index in [0.717, 1.165) is 0 Å². The molecular formula is C17H28Br2S. The Kier molecular flexibility index (Phi) is 11.4. The summed E-state index contributed by atoms with van der Waals surface area (Å²) in [5.41, 5.74) is 1.47. The number of thiophene rings is 1. The van der Waals surface area contributed by atoms with Gasteiger partial charge in [0.25, 0.3) is 0 Å². The van der Waals surface area contributed by atoms with E-state index in [2.05, 4.69) is 44.8 Å². The van der Waals surface area contributed by atoms with Gasteiger partial charge >= 0.3 is 0 Å². The summed E-state index contributed by atoms with van der Waals surface area (Å²) in [4.78, 5) is 0. The Balaban J connectivity index is 1.86. The van der Waals surface area contributed by atoms with Gasteiger partial charge in [-0.15, -0.1) is 11.3 Å². The third kappa shape index (κ3) is 8.84. The minimum atomic E-state index is 1.22. The molecule has 3 heteroatoms. The lowest BCUT2D eigenvalue weighted by atomic mass is 10.0. The van der Waals surface area contributed by atoms with Gasteiger partial charge in [0.15, 0.2) is 0 Å². The van der Waals surface area contributed by atoms with Crippen LogP contribution in [0.25, 0.3) is 0 Å². The van der Waals surface area contributed by atoms with Crippen LogP contribution in [-0.4, -0.2) is 0 Å². The number of halogens is 2. The van der Waals surface area contributed by atoms with Gasteiger partial charge in [-0.05, 0) is 56.3 Å². The third-order valence-corrected chi connectivity index (χ3v) is 6.24. The van der Waals surface area contributed by atoms with E-state index in [1.54, 1.807) is 11.3 Å². The van der Waals surface area contributed by atoms with Gasteiger partial charge in [-0.25, -0.2) is 0 Å². The summed E-state index contributed by atoms with van der Waals surface area (Å²) in [6, 6.07) is 2.26. The van der Waals surface area contributed by atoms with E-state index in [1.165, 1.54) is 90.2 Å². The summed E-state index contributed by atoms with van der Waals surface area (Å²) in [5, 5.41) is 0. The van der Waals surface area contributed by atoms with Gasteiger partial charge < -0.3 is 0 Å². The van der Waals surface area contributed by atoms with Crippen molar-refractivity contribution in [2.45, 2.75) is 84.0 Å². The third-order valence-electron chi connectivity index (χ3n) is 3.78. The van der Waals surface area contributed by atoms with Crippen molar-refractivity contribution in [3.63, 3.8) is 0 Å². The first kappa shape index (κ1) is 18.7. The van der Waals surface area contributed by atoms with Crippen LogP contribution in [0, 0.1) is 0 Å². The summed E-state index contributed by atoms with van der Waals surface area (Å²) in [6.07, 6.45) is 16.8. The van der Waals surface area contributed by atoms with Crippen molar-refractivity contribution >= 4 is 43.2 Å². The molecule has 0 spiro atoms. The quantitative estimate of drug-likeness (QED) is 0.297. The molecule has 0 unspecified atom stereocenters. The molecular weight excluding hydrogens is 396 g/mol. The molecule has 0 aliphatic carbocycles. The Labute approximate surface area is 146 Å². The lowest BCUT2D eigenvalue weighted by Crippen LogP contribution is -1.85. The molecule has 0 atom stereocenters. The van der Waals surface area contributed by atoms with E-state index in [9.17, 15) is 0 Å². The van der Waals surface area contributed by atoms with E-state index in [1.807, 2.05) is 0 Å². The zero-order chi connectivity index (χ0) is 14.6. The standard InChI is InChI=1S/C17H28Br2S/c1-2-3-4-5-6-7-8-9-10-11-12-13-15-14-16(18)20-17(15)19/h14H,2-13H2,1H3. The lowest BCUT2D eigenvalue weighted by Gasteiger charge is -2.02. The molecule has 0 radical (unpaired) electrons. The first-order valence-corrected chi connectivity index (χ1v) is 10.6. The zero-order valence-electron chi connectivity index (χ0n) is 12.7. The summed E-state index contributed by atoms with van der Waals surface area (Å²) in [7, 11) is 0. The molecule has 0 amide bonds. The molecule has 0 saturated heterocycles. The Hall–Kier alpha value is 0.660. The highest BCUT2D eigenvalue weighted by atomic mass is 79.9. The molecule has 0 fully saturated rings. The van der Waals surface area contributed by atoms with Crippen LogP contribution in [0.5, 0.6) is 0 Å². The van der Waals surface area contributed by atoms with Crippen LogP contribution in [0.1, 0.15) is 83.1 Å². The van der Waals surface area contributed by atoms with Crippen molar-refractivity contribution in [2.24, 2.45) is 0 Å². The van der Waals surface area contributed by atoms with E-state index in [0.29, 0.717) is 0 Å². The van der Waals surface area contributed by atoms with E-state index in [4.69, 9.17) is 0 Å². The van der Waals surface area contributed by atoms with Crippen molar-refractivity contribution in [1.82, 2.24) is 0 Å². The molecule has 0 aliphatic rings. The van der Waals surface area contributed by atoms with E-state index >= 15 is 0 Å². The molecule has 116 valence electrons. The van der Waals surface area contributed by atoms with Crippen LogP contribution in [0.2, 0.25) is 0 Å². The SMILES string of the molecule is CCCCCCCCCCCCCc1cc(Br)sc1Br. The maximum Gasteiger partial charge on any atom is 0.0742 e. The van der Waals surface area contributed by atoms with Crippen LogP contribution < -0.4 is 0 Å². The highest BCUT2D eigenvalue weighted by molar-refractivity contribution is 9.12. The lowest BCUT2D eigenvalue weighted by molar-refractivity contribution is 0.549. The second-order valence-electron chi connectivity index (χ2n) is 5.63. The fraction of sp³-hybridized carbons (Fsp3) is 0.765. The maximum absolute atomic E-state index is 3.63. The predicted octanol–water partition coefficient (Wildman–Crippen LogP) is 8.13. The highest BCUT2D eigenvalue weighted by Gasteiger charge is 2.04. The molecule has 20 heavy (non-hydrogen) atoms. The molecule has 1 rings (SSSR count). The Morgan fingerprint density at radius 1 is 0.800 bits per heavy atom. The van der Waals surface area contributed by atoms with Gasteiger partial charge in [-0.2, -0.15) is 0 Å². The molecule has 0 aliphatic heterocycles. The number of rotatable bonds is 12. The van der Waals surface area contributed by atoms with Crippen molar-refractivity contribution in [3.05, 3.63) is 19.2 Å². The van der Waals surface area contributed by atoms with E-state index < -0.39 is 0 Å². The number of hydrogen-bond acceptors (Lipinski definition) is 1. The normalized spacial score (nSPS) is 11.2. The molecule has 1 heterocycles. The van der Waals surface area contributed by atoms with Gasteiger partial charge in [0.2, 0.25) is 0 Å². The largest absolute Gasteiger partial charge is 0.121 e. The van der Waals surface area contributed by atoms with Crippen molar-refractivity contribution in [3.8, 4) is 0 Å². The highest BCUT2D eigenvalue weighted by Crippen LogP contribution is 2.32. The molecule has 1 aromatic heterocycles. The minimum Gasteiger partial charge on any atom is -0.121 e. The first-order valence-electron chi connectivity index (χ1n) is 8.17. The van der Waals surface area contributed by atoms with Crippen LogP contribution in [0.3, 0.4) is 0 Å². The first-order chi connectivity index (χ1) is 9.74. The summed E-state index contributed by atoms with van der Waals surface area (Å²) in [6.45, 7) is 2.29. The summed E-state index contributed by atoms with van der Waals surface area (Å²) >= 11 is 8.97. The van der Waals surface area contributed by atoms with Crippen molar-refractivity contribution < 1.29 is 0 Å². The van der Waals surface area contributed by atoms with Crippen LogP contribution in [0.15, 0.2) is 13.6 Å². The van der Waals surface area contributed by atoms with E-state index in [-0.39, 0.29) is 0 Å². The Bertz CT molecular complexity index is 347. The smallest absolute Gasteiger partial charge is 0.0742 e. The number of aryl methyl sites for hydroxylation is 1. The average Bonchev–Trinajstić information content (AvgIpc) is 2.74. The molecule has 0 N–H and O–H groups in total. The predicted molar refractivity (Wildman–Crippen MR) is 99.9 cm³/mol. The minimum absolute atomic E-state index is 1.22. The van der Waals surface area contributed by atoms with Crippen LogP contribution >= 0.6 is 43.2 Å². The molecule has 0 saturated carbocycles. The fourth-order valence-electron chi connectivity index (χ4n) is 2.52. The fourth-order valence-corrected chi connectivity index (χ4v) is 5.44. The molecule has 1 aromatic rings. The average molecular weight is 424 g/mol. The molecule has 0 aromatic carbocycles. The Morgan fingerprint density at radius 2 is 1.30 bits per heavy atom. The van der Waals surface area contributed by atoms with Crippen molar-refractivity contribution in [1.29, 1.82) is 0 Å². The Morgan fingerprint density at radius 3 is 1.75 bits per heavy atom. The second-order valence-corrected chi connectivity index (χ2v) is 9.38. The summed E-state index contributed by atoms with van der Waals surface area (Å²) in [5.74, 6) is 0. The zero-order valence-corrected chi connectivity index (χ0v) is 16.7. The van der Waals surface area contributed by atoms with Gasteiger partial charge in [-0.3, -0.25) is 0 Å². The van der Waals surface area contributed by atoms with Gasteiger partial charge in [0.05, 0.1) is 7.57 Å². The van der Waals surface area contributed by atoms with Crippen molar-refractivity contribution in [2.75, 3.05) is 0 Å². The van der Waals surface area contributed by atoms with Gasteiger partial charge in [0.1, 0.15) is 0 Å². The molecule has 0 nitrogen and oxygen atoms in total. The van der Waals surface area contributed by atoms with Gasteiger partial charge in [-0.1, -0.05) is 71.1 Å². The summed E-state index contributed by atoms with van der Waals surface area (Å²) < 4.78 is 2.54. The topological polar surface area (TPSA) is 0 Å². The van der Waals surface area contributed by atoms with Crippen LogP contribution in [-0.2, 0) is 6.42 Å². The number of unbranched alkanes of at least 4 members (excludes halogenated alkanes) is 10. The van der Waals surface area contributed by atoms with Crippen LogP contribution in [0.4, 0.5) is 0 Å². The second kappa shape index (κ2) is 12.2.